The van der Waals surface area contributed by atoms with E-state index in [2.05, 4.69) is 20.5 Å². The molecular formula is C16H26N4O2. The number of carbonyl (C=O) groups is 1. The number of hydrogen-bond acceptors (Lipinski definition) is 5. The first kappa shape index (κ1) is 16.7. The molecule has 2 N–H and O–H groups in total. The van der Waals surface area contributed by atoms with Crippen LogP contribution in [-0.2, 0) is 4.74 Å². The second-order valence-corrected chi connectivity index (χ2v) is 5.89. The van der Waals surface area contributed by atoms with Crippen molar-refractivity contribution < 1.29 is 9.53 Å². The molecule has 0 bridgehead atoms. The normalized spacial score (nSPS) is 17.7. The number of ether oxygens (including phenoxy) is 1. The maximum atomic E-state index is 12.1. The van der Waals surface area contributed by atoms with E-state index in [-0.39, 0.29) is 12.0 Å². The highest BCUT2D eigenvalue weighted by Crippen LogP contribution is 2.14. The Kier molecular flexibility index (Phi) is 6.61. The van der Waals surface area contributed by atoms with E-state index in [1.54, 1.807) is 12.4 Å². The molecule has 122 valence electrons. The highest BCUT2D eigenvalue weighted by molar-refractivity contribution is 5.94. The van der Waals surface area contributed by atoms with Gasteiger partial charge in [-0.1, -0.05) is 0 Å². The van der Waals surface area contributed by atoms with Gasteiger partial charge >= 0.3 is 0 Å². The topological polar surface area (TPSA) is 66.5 Å². The van der Waals surface area contributed by atoms with Gasteiger partial charge in [-0.3, -0.25) is 9.78 Å². The molecule has 0 saturated carbocycles. The summed E-state index contributed by atoms with van der Waals surface area (Å²) in [5, 5.41) is 6.21. The third-order valence-corrected chi connectivity index (χ3v) is 3.63. The van der Waals surface area contributed by atoms with E-state index in [9.17, 15) is 4.79 Å². The molecule has 2 rings (SSSR count). The van der Waals surface area contributed by atoms with Gasteiger partial charge in [0, 0.05) is 32.1 Å². The summed E-state index contributed by atoms with van der Waals surface area (Å²) in [5.74, 6) is -0.0768. The van der Waals surface area contributed by atoms with E-state index >= 15 is 0 Å². The second-order valence-electron chi connectivity index (χ2n) is 5.89. The molecule has 1 unspecified atom stereocenters. The van der Waals surface area contributed by atoms with Crippen LogP contribution >= 0.6 is 0 Å². The molecule has 6 heteroatoms. The summed E-state index contributed by atoms with van der Waals surface area (Å²) < 4.78 is 5.57. The molecule has 0 aliphatic carbocycles. The first-order valence-electron chi connectivity index (χ1n) is 7.88. The molecule has 1 saturated heterocycles. The Balaban J connectivity index is 1.78. The molecule has 1 aromatic rings. The van der Waals surface area contributed by atoms with Gasteiger partial charge in [0.15, 0.2) is 0 Å². The minimum absolute atomic E-state index is 0.0768. The Morgan fingerprint density at radius 1 is 1.45 bits per heavy atom. The summed E-state index contributed by atoms with van der Waals surface area (Å²) in [7, 11) is 4.05. The van der Waals surface area contributed by atoms with Crippen LogP contribution in [-0.4, -0.2) is 62.2 Å². The maximum Gasteiger partial charge on any atom is 0.252 e. The van der Waals surface area contributed by atoms with Gasteiger partial charge in [0.25, 0.3) is 5.91 Å². The Bertz CT molecular complexity index is 473. The van der Waals surface area contributed by atoms with Gasteiger partial charge in [-0.2, -0.15) is 0 Å². The van der Waals surface area contributed by atoms with E-state index < -0.39 is 0 Å². The lowest BCUT2D eigenvalue weighted by atomic mass is 10.2. The van der Waals surface area contributed by atoms with Crippen LogP contribution in [0.3, 0.4) is 0 Å². The van der Waals surface area contributed by atoms with Gasteiger partial charge in [0.2, 0.25) is 0 Å². The van der Waals surface area contributed by atoms with E-state index in [0.29, 0.717) is 12.1 Å². The van der Waals surface area contributed by atoms with Crippen LogP contribution in [0.5, 0.6) is 0 Å². The zero-order valence-electron chi connectivity index (χ0n) is 13.5. The fourth-order valence-corrected chi connectivity index (χ4v) is 2.40. The Hall–Kier alpha value is -1.66. The Morgan fingerprint density at radius 3 is 3.05 bits per heavy atom. The van der Waals surface area contributed by atoms with Crippen LogP contribution < -0.4 is 10.6 Å². The molecule has 0 spiro atoms. The largest absolute Gasteiger partial charge is 0.381 e. The molecule has 22 heavy (non-hydrogen) atoms. The third kappa shape index (κ3) is 5.61. The van der Waals surface area contributed by atoms with Gasteiger partial charge in [-0.05, 0) is 46.0 Å². The summed E-state index contributed by atoms with van der Waals surface area (Å²) in [6.07, 6.45) is 6.75. The molecule has 1 atom stereocenters. The minimum Gasteiger partial charge on any atom is -0.381 e. The SMILES string of the molecule is CN(C)CCCNC(=O)c1cncc(NCC2CCCO2)c1. The minimum atomic E-state index is -0.0768. The van der Waals surface area contributed by atoms with Crippen molar-refractivity contribution in [1.29, 1.82) is 0 Å². The summed E-state index contributed by atoms with van der Waals surface area (Å²) in [6, 6.07) is 1.84. The van der Waals surface area contributed by atoms with Crippen molar-refractivity contribution in [3.63, 3.8) is 0 Å². The number of hydrogen-bond donors (Lipinski definition) is 2. The molecule has 1 aromatic heterocycles. The average molecular weight is 306 g/mol. The average Bonchev–Trinajstić information content (AvgIpc) is 3.03. The predicted octanol–water partition coefficient (Wildman–Crippen LogP) is 1.35. The molecule has 1 amide bonds. The summed E-state index contributed by atoms with van der Waals surface area (Å²) in [4.78, 5) is 18.3. The first-order chi connectivity index (χ1) is 10.6. The standard InChI is InChI=1S/C16H26N4O2/c1-20(2)7-4-6-18-16(21)13-9-14(11-17-10-13)19-12-15-5-3-8-22-15/h9-11,15,19H,3-8,12H2,1-2H3,(H,18,21). The van der Waals surface area contributed by atoms with Crippen molar-refractivity contribution in [2.24, 2.45) is 0 Å². The van der Waals surface area contributed by atoms with E-state index in [4.69, 9.17) is 4.74 Å². The predicted molar refractivity (Wildman–Crippen MR) is 87.2 cm³/mol. The monoisotopic (exact) mass is 306 g/mol. The van der Waals surface area contributed by atoms with E-state index in [1.165, 1.54) is 0 Å². The number of amides is 1. The van der Waals surface area contributed by atoms with Gasteiger partial charge < -0.3 is 20.3 Å². The van der Waals surface area contributed by atoms with Crippen LogP contribution in [0.1, 0.15) is 29.6 Å². The molecular weight excluding hydrogens is 280 g/mol. The van der Waals surface area contributed by atoms with Crippen molar-refractivity contribution >= 4 is 11.6 Å². The number of nitrogens with zero attached hydrogens (tertiary/aromatic N) is 2. The second kappa shape index (κ2) is 8.70. The van der Waals surface area contributed by atoms with Gasteiger partial charge in [0.05, 0.1) is 17.4 Å². The number of anilines is 1. The van der Waals surface area contributed by atoms with Crippen molar-refractivity contribution in [3.8, 4) is 0 Å². The van der Waals surface area contributed by atoms with Crippen LogP contribution in [0.15, 0.2) is 18.5 Å². The fraction of sp³-hybridized carbons (Fsp3) is 0.625. The smallest absolute Gasteiger partial charge is 0.252 e. The number of carbonyl (C=O) groups excluding carboxylic acids is 1. The van der Waals surface area contributed by atoms with Gasteiger partial charge in [-0.25, -0.2) is 0 Å². The third-order valence-electron chi connectivity index (χ3n) is 3.63. The van der Waals surface area contributed by atoms with Crippen LogP contribution in [0.4, 0.5) is 5.69 Å². The number of nitrogens with one attached hydrogen (secondary N) is 2. The lowest BCUT2D eigenvalue weighted by Crippen LogP contribution is -2.27. The quantitative estimate of drug-likeness (QED) is 0.710. The molecule has 0 aromatic carbocycles. The maximum absolute atomic E-state index is 12.1. The van der Waals surface area contributed by atoms with Crippen molar-refractivity contribution in [2.75, 3.05) is 45.7 Å². The van der Waals surface area contributed by atoms with Crippen molar-refractivity contribution in [1.82, 2.24) is 15.2 Å². The zero-order chi connectivity index (χ0) is 15.8. The van der Waals surface area contributed by atoms with Crippen LogP contribution in [0, 0.1) is 0 Å². The first-order valence-corrected chi connectivity index (χ1v) is 7.88. The summed E-state index contributed by atoms with van der Waals surface area (Å²) in [6.45, 7) is 3.24. The Morgan fingerprint density at radius 2 is 2.32 bits per heavy atom. The number of aromatic nitrogens is 1. The number of pyridine rings is 1. The van der Waals surface area contributed by atoms with Crippen molar-refractivity contribution in [2.45, 2.75) is 25.4 Å². The molecule has 2 heterocycles. The Labute approximate surface area is 132 Å². The lowest BCUT2D eigenvalue weighted by molar-refractivity contribution is 0.0952. The molecule has 0 radical (unpaired) electrons. The van der Waals surface area contributed by atoms with Crippen LogP contribution in [0.25, 0.3) is 0 Å². The highest BCUT2D eigenvalue weighted by atomic mass is 16.5. The summed E-state index contributed by atoms with van der Waals surface area (Å²) in [5.41, 5.74) is 1.44. The van der Waals surface area contributed by atoms with Crippen LogP contribution in [0.2, 0.25) is 0 Å². The lowest BCUT2D eigenvalue weighted by Gasteiger charge is -2.13. The molecule has 1 aliphatic heterocycles. The number of rotatable bonds is 8. The van der Waals surface area contributed by atoms with E-state index in [1.807, 2.05) is 20.2 Å². The van der Waals surface area contributed by atoms with Crippen molar-refractivity contribution in [3.05, 3.63) is 24.0 Å². The van der Waals surface area contributed by atoms with Gasteiger partial charge in [0.1, 0.15) is 0 Å². The molecule has 1 fully saturated rings. The van der Waals surface area contributed by atoms with E-state index in [0.717, 1.165) is 44.6 Å². The van der Waals surface area contributed by atoms with Gasteiger partial charge in [-0.15, -0.1) is 0 Å². The summed E-state index contributed by atoms with van der Waals surface area (Å²) >= 11 is 0. The molecule has 6 nitrogen and oxygen atoms in total. The highest BCUT2D eigenvalue weighted by Gasteiger charge is 2.15. The zero-order valence-corrected chi connectivity index (χ0v) is 13.5. The fourth-order valence-electron chi connectivity index (χ4n) is 2.40. The molecule has 1 aliphatic rings.